The lowest BCUT2D eigenvalue weighted by Crippen LogP contribution is -2.05. The van der Waals surface area contributed by atoms with Gasteiger partial charge in [0.05, 0.1) is 4.90 Å². The molecule has 1 heterocycles. The fraction of sp³-hybridized carbons (Fsp3) is 0.167. The number of hydrogen-bond acceptors (Lipinski definition) is 4. The van der Waals surface area contributed by atoms with E-state index in [0.717, 1.165) is 17.0 Å². The minimum absolute atomic E-state index is 0.241. The van der Waals surface area contributed by atoms with Gasteiger partial charge in [-0.15, -0.1) is 0 Å². The van der Waals surface area contributed by atoms with Crippen molar-refractivity contribution in [2.75, 3.05) is 6.26 Å². The standard InChI is InChI=1S/C18H18N2O3S/c1-24(22,23)17-7-5-14(6-8-17)12-18-19-9-10-20(18)13-15-3-2-4-16(21)11-15/h2-11,21H,12-13H2,1H3. The number of sulfone groups is 1. The van der Waals surface area contributed by atoms with E-state index >= 15 is 0 Å². The van der Waals surface area contributed by atoms with Gasteiger partial charge in [0, 0.05) is 31.6 Å². The van der Waals surface area contributed by atoms with Gasteiger partial charge in [0.25, 0.3) is 0 Å². The number of hydrogen-bond donors (Lipinski definition) is 1. The maximum atomic E-state index is 11.5. The SMILES string of the molecule is CS(=O)(=O)c1ccc(Cc2nccn2Cc2cccc(O)c2)cc1. The van der Waals surface area contributed by atoms with Gasteiger partial charge < -0.3 is 9.67 Å². The number of phenolic OH excluding ortho intramolecular Hbond substituents is 1. The molecule has 0 atom stereocenters. The van der Waals surface area contributed by atoms with Crippen molar-refractivity contribution in [3.63, 3.8) is 0 Å². The van der Waals surface area contributed by atoms with Crippen molar-refractivity contribution in [3.8, 4) is 5.75 Å². The summed E-state index contributed by atoms with van der Waals surface area (Å²) in [5.41, 5.74) is 1.98. The molecule has 124 valence electrons. The molecule has 0 saturated carbocycles. The van der Waals surface area contributed by atoms with Crippen molar-refractivity contribution >= 4 is 9.84 Å². The first-order chi connectivity index (χ1) is 11.4. The van der Waals surface area contributed by atoms with Crippen LogP contribution in [0.2, 0.25) is 0 Å². The Morgan fingerprint density at radius 1 is 1.08 bits per heavy atom. The fourth-order valence-corrected chi connectivity index (χ4v) is 3.17. The third kappa shape index (κ3) is 3.83. The Hall–Kier alpha value is -2.60. The lowest BCUT2D eigenvalue weighted by atomic mass is 10.1. The fourth-order valence-electron chi connectivity index (χ4n) is 2.54. The van der Waals surface area contributed by atoms with Gasteiger partial charge >= 0.3 is 0 Å². The summed E-state index contributed by atoms with van der Waals surface area (Å²) in [5.74, 6) is 1.12. The number of phenols is 1. The Kier molecular flexibility index (Phi) is 4.40. The molecule has 0 spiro atoms. The molecule has 3 rings (SSSR count). The smallest absolute Gasteiger partial charge is 0.175 e. The zero-order chi connectivity index (χ0) is 17.2. The zero-order valence-corrected chi connectivity index (χ0v) is 14.1. The van der Waals surface area contributed by atoms with Crippen molar-refractivity contribution in [1.82, 2.24) is 9.55 Å². The van der Waals surface area contributed by atoms with Crippen molar-refractivity contribution in [2.24, 2.45) is 0 Å². The average Bonchev–Trinajstić information content (AvgIpc) is 2.94. The third-order valence-corrected chi connectivity index (χ3v) is 4.91. The zero-order valence-electron chi connectivity index (χ0n) is 13.3. The van der Waals surface area contributed by atoms with E-state index in [1.54, 1.807) is 30.5 Å². The molecule has 0 fully saturated rings. The van der Waals surface area contributed by atoms with E-state index in [1.165, 1.54) is 6.26 Å². The van der Waals surface area contributed by atoms with Crippen LogP contribution in [-0.2, 0) is 22.8 Å². The molecule has 0 amide bonds. The summed E-state index contributed by atoms with van der Waals surface area (Å²) in [6.45, 7) is 0.616. The van der Waals surface area contributed by atoms with Crippen LogP contribution in [0.1, 0.15) is 17.0 Å². The van der Waals surface area contributed by atoms with Gasteiger partial charge in [0.15, 0.2) is 9.84 Å². The van der Waals surface area contributed by atoms with Crippen molar-refractivity contribution in [1.29, 1.82) is 0 Å². The highest BCUT2D eigenvalue weighted by Crippen LogP contribution is 2.16. The molecule has 0 bridgehead atoms. The highest BCUT2D eigenvalue weighted by atomic mass is 32.2. The molecular weight excluding hydrogens is 324 g/mol. The molecule has 0 aliphatic rings. The Bertz CT molecular complexity index is 944. The first-order valence-electron chi connectivity index (χ1n) is 7.49. The van der Waals surface area contributed by atoms with Gasteiger partial charge in [0.1, 0.15) is 11.6 Å². The molecule has 0 aliphatic heterocycles. The maximum absolute atomic E-state index is 11.5. The van der Waals surface area contributed by atoms with E-state index in [-0.39, 0.29) is 5.75 Å². The third-order valence-electron chi connectivity index (χ3n) is 3.78. The normalized spacial score (nSPS) is 11.5. The predicted octanol–water partition coefficient (Wildman–Crippen LogP) is 2.63. The second-order valence-electron chi connectivity index (χ2n) is 5.73. The summed E-state index contributed by atoms with van der Waals surface area (Å²) in [4.78, 5) is 4.70. The number of aromatic nitrogens is 2. The van der Waals surface area contributed by atoms with Crippen molar-refractivity contribution in [3.05, 3.63) is 77.9 Å². The van der Waals surface area contributed by atoms with Crippen LogP contribution in [0.3, 0.4) is 0 Å². The quantitative estimate of drug-likeness (QED) is 0.774. The first-order valence-corrected chi connectivity index (χ1v) is 9.38. The second-order valence-corrected chi connectivity index (χ2v) is 7.75. The van der Waals surface area contributed by atoms with Crippen molar-refractivity contribution in [2.45, 2.75) is 17.9 Å². The Labute approximate surface area is 141 Å². The van der Waals surface area contributed by atoms with Crippen LogP contribution in [0.4, 0.5) is 0 Å². The second kappa shape index (κ2) is 6.49. The van der Waals surface area contributed by atoms with Crippen molar-refractivity contribution < 1.29 is 13.5 Å². The van der Waals surface area contributed by atoms with Gasteiger partial charge in [-0.2, -0.15) is 0 Å². The molecule has 3 aromatic rings. The number of rotatable bonds is 5. The van der Waals surface area contributed by atoms with Crippen LogP contribution < -0.4 is 0 Å². The molecule has 2 aromatic carbocycles. The minimum Gasteiger partial charge on any atom is -0.508 e. The molecule has 0 aliphatic carbocycles. The summed E-state index contributed by atoms with van der Waals surface area (Å²) in [5, 5.41) is 9.56. The maximum Gasteiger partial charge on any atom is 0.175 e. The highest BCUT2D eigenvalue weighted by Gasteiger charge is 2.09. The van der Waals surface area contributed by atoms with Crippen LogP contribution in [0, 0.1) is 0 Å². The van der Waals surface area contributed by atoms with E-state index < -0.39 is 9.84 Å². The summed E-state index contributed by atoms with van der Waals surface area (Å²) in [7, 11) is -3.18. The van der Waals surface area contributed by atoms with Gasteiger partial charge in [-0.25, -0.2) is 13.4 Å². The lowest BCUT2D eigenvalue weighted by molar-refractivity contribution is 0.474. The molecular formula is C18H18N2O3S. The highest BCUT2D eigenvalue weighted by molar-refractivity contribution is 7.90. The Morgan fingerprint density at radius 3 is 2.50 bits per heavy atom. The van der Waals surface area contributed by atoms with E-state index in [1.807, 2.05) is 35.0 Å². The van der Waals surface area contributed by atoms with Gasteiger partial charge in [-0.05, 0) is 35.4 Å². The van der Waals surface area contributed by atoms with Gasteiger partial charge in [0.2, 0.25) is 0 Å². The summed E-state index contributed by atoms with van der Waals surface area (Å²) < 4.78 is 25.0. The molecule has 1 N–H and O–H groups in total. The van der Waals surface area contributed by atoms with Crippen LogP contribution >= 0.6 is 0 Å². The van der Waals surface area contributed by atoms with E-state index in [0.29, 0.717) is 17.9 Å². The van der Waals surface area contributed by atoms with Crippen LogP contribution in [0.15, 0.2) is 65.8 Å². The number of nitrogens with zero attached hydrogens (tertiary/aromatic N) is 2. The van der Waals surface area contributed by atoms with E-state index in [4.69, 9.17) is 0 Å². The first kappa shape index (κ1) is 16.3. The predicted molar refractivity (Wildman–Crippen MR) is 91.8 cm³/mol. The Balaban J connectivity index is 1.78. The molecule has 5 nitrogen and oxygen atoms in total. The largest absolute Gasteiger partial charge is 0.508 e. The molecule has 24 heavy (non-hydrogen) atoms. The molecule has 1 aromatic heterocycles. The van der Waals surface area contributed by atoms with Crippen LogP contribution in [0.25, 0.3) is 0 Å². The van der Waals surface area contributed by atoms with E-state index in [9.17, 15) is 13.5 Å². The average molecular weight is 342 g/mol. The van der Waals surface area contributed by atoms with Crippen LogP contribution in [-0.4, -0.2) is 29.3 Å². The van der Waals surface area contributed by atoms with E-state index in [2.05, 4.69) is 4.98 Å². The molecule has 0 radical (unpaired) electrons. The monoisotopic (exact) mass is 342 g/mol. The molecule has 0 unspecified atom stereocenters. The summed E-state index contributed by atoms with van der Waals surface area (Å²) in [6, 6.07) is 14.0. The van der Waals surface area contributed by atoms with Gasteiger partial charge in [-0.3, -0.25) is 0 Å². The van der Waals surface area contributed by atoms with Crippen LogP contribution in [0.5, 0.6) is 5.75 Å². The summed E-state index contributed by atoms with van der Waals surface area (Å²) in [6.07, 6.45) is 5.44. The number of aromatic hydroxyl groups is 1. The topological polar surface area (TPSA) is 72.2 Å². The minimum atomic E-state index is -3.18. The summed E-state index contributed by atoms with van der Waals surface area (Å²) >= 11 is 0. The molecule has 0 saturated heterocycles. The number of benzene rings is 2. The number of imidazole rings is 1. The lowest BCUT2D eigenvalue weighted by Gasteiger charge is -2.09. The van der Waals surface area contributed by atoms with Gasteiger partial charge in [-0.1, -0.05) is 24.3 Å². The Morgan fingerprint density at radius 2 is 1.83 bits per heavy atom. The molecule has 6 heteroatoms.